The van der Waals surface area contributed by atoms with E-state index in [-0.39, 0.29) is 11.8 Å². The predicted molar refractivity (Wildman–Crippen MR) is 95.4 cm³/mol. The van der Waals surface area contributed by atoms with Crippen molar-refractivity contribution in [3.05, 3.63) is 59.7 Å². The van der Waals surface area contributed by atoms with Crippen LogP contribution in [0.3, 0.4) is 0 Å². The van der Waals surface area contributed by atoms with E-state index in [9.17, 15) is 9.59 Å². The van der Waals surface area contributed by atoms with Crippen molar-refractivity contribution in [1.29, 1.82) is 0 Å². The smallest absolute Gasteiger partial charge is 0.258 e. The van der Waals surface area contributed by atoms with Crippen molar-refractivity contribution in [1.82, 2.24) is 5.32 Å². The maximum Gasteiger partial charge on any atom is 0.258 e. The number of amides is 2. The van der Waals surface area contributed by atoms with Gasteiger partial charge in [-0.15, -0.1) is 0 Å². The Morgan fingerprint density at radius 2 is 1.96 bits per heavy atom. The van der Waals surface area contributed by atoms with Crippen LogP contribution in [0.25, 0.3) is 0 Å². The first-order valence-corrected chi connectivity index (χ1v) is 8.13. The van der Waals surface area contributed by atoms with Crippen LogP contribution in [-0.4, -0.2) is 32.0 Å². The summed E-state index contributed by atoms with van der Waals surface area (Å²) in [7, 11) is 1.81. The molecule has 0 radical (unpaired) electrons. The zero-order valence-electron chi connectivity index (χ0n) is 13.7. The lowest BCUT2D eigenvalue weighted by Crippen LogP contribution is -2.29. The van der Waals surface area contributed by atoms with E-state index in [1.165, 1.54) is 5.56 Å². The summed E-state index contributed by atoms with van der Waals surface area (Å²) < 4.78 is 0. The van der Waals surface area contributed by atoms with Gasteiger partial charge in [-0.1, -0.05) is 24.3 Å². The number of hydrogen-bond acceptors (Lipinski definition) is 3. The maximum atomic E-state index is 12.8. The molecule has 0 spiro atoms. The van der Waals surface area contributed by atoms with Gasteiger partial charge < -0.3 is 15.5 Å². The molecular weight excluding hydrogens is 302 g/mol. The molecule has 2 N–H and O–H groups in total. The van der Waals surface area contributed by atoms with Crippen LogP contribution in [0.5, 0.6) is 0 Å². The normalized spacial score (nSPS) is 12.8. The van der Waals surface area contributed by atoms with E-state index in [0.717, 1.165) is 12.1 Å². The lowest BCUT2D eigenvalue weighted by atomic mass is 10.1. The van der Waals surface area contributed by atoms with Gasteiger partial charge in [-0.05, 0) is 43.3 Å². The van der Waals surface area contributed by atoms with Gasteiger partial charge in [-0.2, -0.15) is 0 Å². The van der Waals surface area contributed by atoms with Crippen molar-refractivity contribution >= 4 is 23.2 Å². The summed E-state index contributed by atoms with van der Waals surface area (Å²) in [5.41, 5.74) is 3.40. The highest BCUT2D eigenvalue weighted by Gasteiger charge is 2.25. The Morgan fingerprint density at radius 1 is 1.12 bits per heavy atom. The van der Waals surface area contributed by atoms with Crippen molar-refractivity contribution in [3.63, 3.8) is 0 Å². The molecule has 0 atom stereocenters. The van der Waals surface area contributed by atoms with E-state index >= 15 is 0 Å². The lowest BCUT2D eigenvalue weighted by molar-refractivity contribution is -0.116. The van der Waals surface area contributed by atoms with E-state index in [2.05, 4.69) is 16.7 Å². The summed E-state index contributed by atoms with van der Waals surface area (Å²) in [6.07, 6.45) is 1.27. The third-order valence-corrected chi connectivity index (χ3v) is 4.13. The minimum Gasteiger partial charge on any atom is -0.326 e. The SMILES string of the molecule is CNCCC(=O)Nc1cccc(C(=O)N2CCc3ccccc32)c1. The Kier molecular flexibility index (Phi) is 4.91. The van der Waals surface area contributed by atoms with Gasteiger partial charge in [0.05, 0.1) is 0 Å². The molecule has 0 fully saturated rings. The fourth-order valence-electron chi connectivity index (χ4n) is 2.90. The highest BCUT2D eigenvalue weighted by Crippen LogP contribution is 2.29. The van der Waals surface area contributed by atoms with Gasteiger partial charge in [-0.25, -0.2) is 0 Å². The van der Waals surface area contributed by atoms with E-state index in [4.69, 9.17) is 0 Å². The zero-order valence-corrected chi connectivity index (χ0v) is 13.7. The van der Waals surface area contributed by atoms with Crippen LogP contribution in [0.15, 0.2) is 48.5 Å². The Labute approximate surface area is 141 Å². The van der Waals surface area contributed by atoms with Crippen LogP contribution in [0.4, 0.5) is 11.4 Å². The molecule has 124 valence electrons. The molecule has 2 aromatic carbocycles. The molecule has 0 saturated carbocycles. The zero-order chi connectivity index (χ0) is 16.9. The fraction of sp³-hybridized carbons (Fsp3) is 0.263. The highest BCUT2D eigenvalue weighted by atomic mass is 16.2. The molecule has 0 bridgehead atoms. The number of para-hydroxylation sites is 1. The number of rotatable bonds is 5. The minimum atomic E-state index is -0.0690. The molecule has 1 aliphatic rings. The second kappa shape index (κ2) is 7.27. The summed E-state index contributed by atoms with van der Waals surface area (Å²) in [6.45, 7) is 1.31. The third-order valence-electron chi connectivity index (χ3n) is 4.13. The molecule has 2 aromatic rings. The molecule has 24 heavy (non-hydrogen) atoms. The number of carbonyl (C=O) groups is 2. The molecule has 2 amide bonds. The van der Waals surface area contributed by atoms with Crippen molar-refractivity contribution in [2.75, 3.05) is 30.4 Å². The average Bonchev–Trinajstić information content (AvgIpc) is 3.03. The molecule has 1 aliphatic heterocycles. The van der Waals surface area contributed by atoms with Crippen molar-refractivity contribution in [3.8, 4) is 0 Å². The van der Waals surface area contributed by atoms with Crippen molar-refractivity contribution < 1.29 is 9.59 Å². The first-order valence-electron chi connectivity index (χ1n) is 8.13. The van der Waals surface area contributed by atoms with E-state index in [0.29, 0.717) is 30.8 Å². The standard InChI is InChI=1S/C19H21N3O2/c1-20-11-9-18(23)21-16-7-4-6-15(13-16)19(24)22-12-10-14-5-2-3-8-17(14)22/h2-8,13,20H,9-12H2,1H3,(H,21,23). The van der Waals surface area contributed by atoms with Crippen LogP contribution in [-0.2, 0) is 11.2 Å². The topological polar surface area (TPSA) is 61.4 Å². The van der Waals surface area contributed by atoms with Gasteiger partial charge in [0.1, 0.15) is 0 Å². The number of carbonyl (C=O) groups excluding carboxylic acids is 2. The van der Waals surface area contributed by atoms with Gasteiger partial charge in [0.25, 0.3) is 5.91 Å². The Balaban J connectivity index is 1.75. The van der Waals surface area contributed by atoms with Crippen LogP contribution < -0.4 is 15.5 Å². The fourth-order valence-corrected chi connectivity index (χ4v) is 2.90. The first kappa shape index (κ1) is 16.2. The quantitative estimate of drug-likeness (QED) is 0.888. The molecule has 0 unspecified atom stereocenters. The molecule has 3 rings (SSSR count). The van der Waals surface area contributed by atoms with E-state index in [1.807, 2.05) is 18.2 Å². The monoisotopic (exact) mass is 323 g/mol. The second-order valence-corrected chi connectivity index (χ2v) is 5.82. The third kappa shape index (κ3) is 3.46. The van der Waals surface area contributed by atoms with E-state index < -0.39 is 0 Å². The summed E-state index contributed by atoms with van der Waals surface area (Å²) >= 11 is 0. The summed E-state index contributed by atoms with van der Waals surface area (Å²) in [5, 5.41) is 5.77. The average molecular weight is 323 g/mol. The number of nitrogens with zero attached hydrogens (tertiary/aromatic N) is 1. The number of nitrogens with one attached hydrogen (secondary N) is 2. The summed E-state index contributed by atoms with van der Waals surface area (Å²) in [6, 6.07) is 15.1. The highest BCUT2D eigenvalue weighted by molar-refractivity contribution is 6.08. The maximum absolute atomic E-state index is 12.8. The van der Waals surface area contributed by atoms with Crippen LogP contribution in [0.1, 0.15) is 22.3 Å². The van der Waals surface area contributed by atoms with Gasteiger partial charge in [-0.3, -0.25) is 9.59 Å². The second-order valence-electron chi connectivity index (χ2n) is 5.82. The molecular formula is C19H21N3O2. The summed E-state index contributed by atoms with van der Waals surface area (Å²) in [4.78, 5) is 26.5. The molecule has 0 aromatic heterocycles. The van der Waals surface area contributed by atoms with Gasteiger partial charge in [0.2, 0.25) is 5.91 Å². The Morgan fingerprint density at radius 3 is 2.79 bits per heavy atom. The number of hydrogen-bond donors (Lipinski definition) is 2. The molecule has 1 heterocycles. The van der Waals surface area contributed by atoms with Gasteiger partial charge in [0, 0.05) is 36.4 Å². The number of anilines is 2. The molecule has 0 aliphatic carbocycles. The van der Waals surface area contributed by atoms with Gasteiger partial charge in [0.15, 0.2) is 0 Å². The Bertz CT molecular complexity index is 758. The van der Waals surface area contributed by atoms with Gasteiger partial charge >= 0.3 is 0 Å². The minimum absolute atomic E-state index is 0.0359. The largest absolute Gasteiger partial charge is 0.326 e. The van der Waals surface area contributed by atoms with Crippen molar-refractivity contribution in [2.45, 2.75) is 12.8 Å². The van der Waals surface area contributed by atoms with Crippen LogP contribution >= 0.6 is 0 Å². The summed E-state index contributed by atoms with van der Waals surface area (Å²) in [5.74, 6) is -0.105. The molecule has 5 heteroatoms. The predicted octanol–water partition coefficient (Wildman–Crippen LogP) is 2.44. The first-order chi connectivity index (χ1) is 11.7. The number of benzene rings is 2. The van der Waals surface area contributed by atoms with Crippen LogP contribution in [0, 0.1) is 0 Å². The molecule has 5 nitrogen and oxygen atoms in total. The molecule has 0 saturated heterocycles. The number of fused-ring (bicyclic) bond motifs is 1. The van der Waals surface area contributed by atoms with Crippen molar-refractivity contribution in [2.24, 2.45) is 0 Å². The van der Waals surface area contributed by atoms with Crippen LogP contribution in [0.2, 0.25) is 0 Å². The lowest BCUT2D eigenvalue weighted by Gasteiger charge is -2.18. The Hall–Kier alpha value is -2.66. The van der Waals surface area contributed by atoms with E-state index in [1.54, 1.807) is 36.2 Å².